The van der Waals surface area contributed by atoms with E-state index in [1.54, 1.807) is 6.07 Å². The third-order valence-corrected chi connectivity index (χ3v) is 4.11. The SMILES string of the molecule is Cc1cc(C#N)ccc1CN1CCC(C)CC1C(=O)O. The Morgan fingerprint density at radius 2 is 2.30 bits per heavy atom. The lowest BCUT2D eigenvalue weighted by Gasteiger charge is -2.36. The molecule has 2 rings (SSSR count). The predicted molar refractivity (Wildman–Crippen MR) is 76.1 cm³/mol. The molecule has 0 aromatic heterocycles. The molecule has 1 aromatic carbocycles. The first-order valence-electron chi connectivity index (χ1n) is 6.97. The second-order valence-electron chi connectivity index (χ2n) is 5.71. The first-order valence-corrected chi connectivity index (χ1v) is 6.97. The van der Waals surface area contributed by atoms with Gasteiger partial charge in [0.05, 0.1) is 11.6 Å². The Bertz CT molecular complexity index is 548. The Morgan fingerprint density at radius 3 is 2.90 bits per heavy atom. The van der Waals surface area contributed by atoms with Crippen LogP contribution in [0, 0.1) is 24.2 Å². The molecule has 1 aliphatic rings. The molecule has 0 spiro atoms. The third kappa shape index (κ3) is 3.17. The number of rotatable bonds is 3. The average molecular weight is 272 g/mol. The van der Waals surface area contributed by atoms with Gasteiger partial charge >= 0.3 is 5.97 Å². The lowest BCUT2D eigenvalue weighted by atomic mass is 9.91. The molecule has 20 heavy (non-hydrogen) atoms. The Labute approximate surface area is 119 Å². The van der Waals surface area contributed by atoms with Crippen LogP contribution in [0.2, 0.25) is 0 Å². The summed E-state index contributed by atoms with van der Waals surface area (Å²) in [5, 5.41) is 18.3. The fourth-order valence-electron chi connectivity index (χ4n) is 2.80. The van der Waals surface area contributed by atoms with Gasteiger partial charge in [0.15, 0.2) is 0 Å². The van der Waals surface area contributed by atoms with Crippen LogP contribution in [0.25, 0.3) is 0 Å². The largest absolute Gasteiger partial charge is 0.480 e. The van der Waals surface area contributed by atoms with E-state index in [2.05, 4.69) is 13.0 Å². The maximum atomic E-state index is 11.4. The van der Waals surface area contributed by atoms with Crippen molar-refractivity contribution in [2.75, 3.05) is 6.54 Å². The van der Waals surface area contributed by atoms with Gasteiger partial charge in [-0.25, -0.2) is 0 Å². The zero-order chi connectivity index (χ0) is 14.7. The van der Waals surface area contributed by atoms with Crippen LogP contribution < -0.4 is 0 Å². The van der Waals surface area contributed by atoms with Crippen molar-refractivity contribution in [3.63, 3.8) is 0 Å². The molecule has 1 heterocycles. The van der Waals surface area contributed by atoms with E-state index in [-0.39, 0.29) is 0 Å². The van der Waals surface area contributed by atoms with Crippen molar-refractivity contribution in [1.29, 1.82) is 5.26 Å². The highest BCUT2D eigenvalue weighted by molar-refractivity contribution is 5.73. The summed E-state index contributed by atoms with van der Waals surface area (Å²) in [6, 6.07) is 7.32. The minimum Gasteiger partial charge on any atom is -0.480 e. The van der Waals surface area contributed by atoms with Gasteiger partial charge in [-0.15, -0.1) is 0 Å². The molecule has 4 heteroatoms. The summed E-state index contributed by atoms with van der Waals surface area (Å²) in [5.74, 6) is -0.266. The number of nitrogens with zero attached hydrogens (tertiary/aromatic N) is 2. The van der Waals surface area contributed by atoms with Crippen molar-refractivity contribution >= 4 is 5.97 Å². The second-order valence-corrected chi connectivity index (χ2v) is 5.71. The van der Waals surface area contributed by atoms with Crippen LogP contribution in [0.1, 0.15) is 36.5 Å². The molecule has 0 radical (unpaired) electrons. The highest BCUT2D eigenvalue weighted by Gasteiger charge is 2.31. The summed E-state index contributed by atoms with van der Waals surface area (Å²) in [7, 11) is 0. The molecule has 0 aliphatic carbocycles. The molecule has 1 saturated heterocycles. The Morgan fingerprint density at radius 1 is 1.55 bits per heavy atom. The predicted octanol–water partition coefficient (Wildman–Crippen LogP) is 2.55. The molecular weight excluding hydrogens is 252 g/mol. The van der Waals surface area contributed by atoms with Crippen LogP contribution in [-0.2, 0) is 11.3 Å². The van der Waals surface area contributed by atoms with Crippen molar-refractivity contribution in [3.05, 3.63) is 34.9 Å². The van der Waals surface area contributed by atoms with Gasteiger partial charge < -0.3 is 5.11 Å². The van der Waals surface area contributed by atoms with E-state index in [1.165, 1.54) is 0 Å². The number of benzene rings is 1. The quantitative estimate of drug-likeness (QED) is 0.918. The van der Waals surface area contributed by atoms with Gasteiger partial charge in [0.25, 0.3) is 0 Å². The number of hydrogen-bond donors (Lipinski definition) is 1. The Kier molecular flexibility index (Phi) is 4.41. The normalized spacial score (nSPS) is 23.2. The molecule has 106 valence electrons. The lowest BCUT2D eigenvalue weighted by Crippen LogP contribution is -2.46. The maximum absolute atomic E-state index is 11.4. The number of aryl methyl sites for hydroxylation is 1. The fraction of sp³-hybridized carbons (Fsp3) is 0.500. The van der Waals surface area contributed by atoms with Crippen molar-refractivity contribution < 1.29 is 9.90 Å². The van der Waals surface area contributed by atoms with E-state index in [0.717, 1.165) is 24.1 Å². The van der Waals surface area contributed by atoms with Crippen molar-refractivity contribution in [2.45, 2.75) is 39.3 Å². The van der Waals surface area contributed by atoms with E-state index in [4.69, 9.17) is 5.26 Å². The molecule has 0 amide bonds. The zero-order valence-electron chi connectivity index (χ0n) is 12.0. The molecular formula is C16H20N2O2. The highest BCUT2D eigenvalue weighted by Crippen LogP contribution is 2.25. The molecule has 0 saturated carbocycles. The smallest absolute Gasteiger partial charge is 0.320 e. The van der Waals surface area contributed by atoms with Crippen molar-refractivity contribution in [3.8, 4) is 6.07 Å². The summed E-state index contributed by atoms with van der Waals surface area (Å²) < 4.78 is 0. The molecule has 0 bridgehead atoms. The molecule has 2 unspecified atom stereocenters. The number of aliphatic carboxylic acids is 1. The van der Waals surface area contributed by atoms with Crippen molar-refractivity contribution in [1.82, 2.24) is 4.90 Å². The lowest BCUT2D eigenvalue weighted by molar-refractivity contribution is -0.145. The van der Waals surface area contributed by atoms with Gasteiger partial charge in [-0.1, -0.05) is 13.0 Å². The number of hydrogen-bond acceptors (Lipinski definition) is 3. The number of nitriles is 1. The standard InChI is InChI=1S/C16H20N2O2/c1-11-5-6-18(15(7-11)16(19)20)10-14-4-3-13(9-17)8-12(14)2/h3-4,8,11,15H,5-7,10H2,1-2H3,(H,19,20). The van der Waals surface area contributed by atoms with E-state index >= 15 is 0 Å². The Balaban J connectivity index is 2.16. The number of carbonyl (C=O) groups is 1. The van der Waals surface area contributed by atoms with Gasteiger partial charge in [-0.3, -0.25) is 9.69 Å². The molecule has 1 fully saturated rings. The summed E-state index contributed by atoms with van der Waals surface area (Å²) in [6.45, 7) is 5.54. The second kappa shape index (κ2) is 6.06. The summed E-state index contributed by atoms with van der Waals surface area (Å²) in [6.07, 6.45) is 1.75. The van der Waals surface area contributed by atoms with Crippen LogP contribution in [0.3, 0.4) is 0 Å². The number of piperidine rings is 1. The molecule has 1 N–H and O–H groups in total. The molecule has 1 aliphatic heterocycles. The highest BCUT2D eigenvalue weighted by atomic mass is 16.4. The van der Waals surface area contributed by atoms with Crippen LogP contribution in [0.4, 0.5) is 0 Å². The summed E-state index contributed by atoms with van der Waals surface area (Å²) in [5.41, 5.74) is 2.80. The minimum absolute atomic E-state index is 0.395. The minimum atomic E-state index is -0.733. The number of carboxylic acid groups (broad SMARTS) is 1. The first-order chi connectivity index (χ1) is 9.51. The van der Waals surface area contributed by atoms with Crippen LogP contribution in [0.5, 0.6) is 0 Å². The third-order valence-electron chi connectivity index (χ3n) is 4.11. The van der Waals surface area contributed by atoms with Crippen LogP contribution in [-0.4, -0.2) is 28.6 Å². The average Bonchev–Trinajstić information content (AvgIpc) is 2.42. The van der Waals surface area contributed by atoms with Gasteiger partial charge in [0, 0.05) is 6.54 Å². The molecule has 2 atom stereocenters. The van der Waals surface area contributed by atoms with E-state index in [1.807, 2.05) is 24.0 Å². The molecule has 1 aromatic rings. The monoisotopic (exact) mass is 272 g/mol. The fourth-order valence-corrected chi connectivity index (χ4v) is 2.80. The molecule has 4 nitrogen and oxygen atoms in total. The van der Waals surface area contributed by atoms with E-state index < -0.39 is 12.0 Å². The zero-order valence-corrected chi connectivity index (χ0v) is 12.0. The van der Waals surface area contributed by atoms with Crippen molar-refractivity contribution in [2.24, 2.45) is 5.92 Å². The Hall–Kier alpha value is -1.86. The topological polar surface area (TPSA) is 64.3 Å². The van der Waals surface area contributed by atoms with E-state index in [0.29, 0.717) is 24.4 Å². The van der Waals surface area contributed by atoms with Crippen LogP contribution >= 0.6 is 0 Å². The van der Waals surface area contributed by atoms with Gasteiger partial charge in [0.1, 0.15) is 6.04 Å². The number of carboxylic acids is 1. The van der Waals surface area contributed by atoms with Crippen LogP contribution in [0.15, 0.2) is 18.2 Å². The summed E-state index contributed by atoms with van der Waals surface area (Å²) in [4.78, 5) is 13.4. The van der Waals surface area contributed by atoms with Gasteiger partial charge in [0.2, 0.25) is 0 Å². The number of likely N-dealkylation sites (tertiary alicyclic amines) is 1. The van der Waals surface area contributed by atoms with E-state index in [9.17, 15) is 9.90 Å². The van der Waals surface area contributed by atoms with Gasteiger partial charge in [-0.05, 0) is 55.5 Å². The maximum Gasteiger partial charge on any atom is 0.320 e. The first kappa shape index (κ1) is 14.5. The van der Waals surface area contributed by atoms with Gasteiger partial charge in [-0.2, -0.15) is 5.26 Å². The summed E-state index contributed by atoms with van der Waals surface area (Å²) >= 11 is 0.